The third-order valence-electron chi connectivity index (χ3n) is 3.58. The fourth-order valence-corrected chi connectivity index (χ4v) is 2.48. The molecule has 0 radical (unpaired) electrons. The smallest absolute Gasteiger partial charge is 0.122 e. The number of hydrogen-bond acceptors (Lipinski definition) is 2. The molecule has 0 aliphatic heterocycles. The van der Waals surface area contributed by atoms with Gasteiger partial charge >= 0.3 is 0 Å². The van der Waals surface area contributed by atoms with E-state index >= 15 is 0 Å². The van der Waals surface area contributed by atoms with Crippen molar-refractivity contribution < 1.29 is 4.74 Å². The zero-order chi connectivity index (χ0) is 14.7. The summed E-state index contributed by atoms with van der Waals surface area (Å²) in [5.41, 5.74) is 8.68. The Kier molecular flexibility index (Phi) is 5.03. The molecule has 0 atom stereocenters. The summed E-state index contributed by atoms with van der Waals surface area (Å²) in [4.78, 5) is 0. The van der Waals surface area contributed by atoms with E-state index in [2.05, 4.69) is 52.8 Å². The van der Waals surface area contributed by atoms with E-state index in [9.17, 15) is 0 Å². The van der Waals surface area contributed by atoms with Crippen LogP contribution in [0.15, 0.2) is 18.2 Å². The van der Waals surface area contributed by atoms with Gasteiger partial charge in [0.1, 0.15) is 5.75 Å². The summed E-state index contributed by atoms with van der Waals surface area (Å²) in [7, 11) is 1.74. The Morgan fingerprint density at radius 2 is 1.74 bits per heavy atom. The molecule has 0 bridgehead atoms. The Morgan fingerprint density at radius 3 is 2.21 bits per heavy atom. The average molecular weight is 263 g/mol. The number of nitrogens with two attached hydrogens (primary N) is 1. The summed E-state index contributed by atoms with van der Waals surface area (Å²) in [6.45, 7) is 12.0. The van der Waals surface area contributed by atoms with Gasteiger partial charge in [0.2, 0.25) is 0 Å². The van der Waals surface area contributed by atoms with Gasteiger partial charge in [0.25, 0.3) is 0 Å². The van der Waals surface area contributed by atoms with Crippen LogP contribution in [0.5, 0.6) is 5.75 Å². The van der Waals surface area contributed by atoms with Crippen LogP contribution in [0.4, 0.5) is 0 Å². The molecule has 0 saturated heterocycles. The Balaban J connectivity index is 3.06. The predicted octanol–water partition coefficient (Wildman–Crippen LogP) is 3.91. The molecule has 0 spiro atoms. The summed E-state index contributed by atoms with van der Waals surface area (Å²) in [5.74, 6) is 0.980. The fourth-order valence-electron chi connectivity index (χ4n) is 2.48. The van der Waals surface area contributed by atoms with Crippen molar-refractivity contribution in [2.75, 3.05) is 13.7 Å². The van der Waals surface area contributed by atoms with Crippen molar-refractivity contribution in [3.8, 4) is 5.75 Å². The molecule has 0 fully saturated rings. The minimum absolute atomic E-state index is 0.0966. The van der Waals surface area contributed by atoms with Crippen molar-refractivity contribution in [1.29, 1.82) is 0 Å². The van der Waals surface area contributed by atoms with Crippen LogP contribution < -0.4 is 10.5 Å². The van der Waals surface area contributed by atoms with Crippen molar-refractivity contribution in [1.82, 2.24) is 0 Å². The Morgan fingerprint density at radius 1 is 1.11 bits per heavy atom. The van der Waals surface area contributed by atoms with E-state index in [1.807, 2.05) is 0 Å². The largest absolute Gasteiger partial charge is 0.496 e. The predicted molar refractivity (Wildman–Crippen MR) is 82.9 cm³/mol. The average Bonchev–Trinajstić information content (AvgIpc) is 2.27. The molecular formula is C17H29NO. The lowest BCUT2D eigenvalue weighted by atomic mass is 9.80. The van der Waals surface area contributed by atoms with Gasteiger partial charge in [0.15, 0.2) is 0 Å². The number of methoxy groups -OCH3 is 1. The molecule has 19 heavy (non-hydrogen) atoms. The zero-order valence-electron chi connectivity index (χ0n) is 13.3. The van der Waals surface area contributed by atoms with Gasteiger partial charge in [-0.3, -0.25) is 0 Å². The van der Waals surface area contributed by atoms with Gasteiger partial charge in [-0.05, 0) is 47.4 Å². The molecule has 0 aliphatic carbocycles. The van der Waals surface area contributed by atoms with E-state index in [-0.39, 0.29) is 10.8 Å². The van der Waals surface area contributed by atoms with Crippen LogP contribution in [0.1, 0.15) is 52.2 Å². The lowest BCUT2D eigenvalue weighted by Crippen LogP contribution is -2.20. The highest BCUT2D eigenvalue weighted by Gasteiger charge is 2.22. The van der Waals surface area contributed by atoms with E-state index in [1.54, 1.807) is 7.11 Å². The standard InChI is InChI=1S/C17H29NO/c1-16(2,3)14-11-13(7-8-15(14)19-6)12-17(4,5)9-10-18/h7-8,11H,9-10,12,18H2,1-6H3. The second-order valence-electron chi connectivity index (χ2n) is 7.16. The van der Waals surface area contributed by atoms with Gasteiger partial charge < -0.3 is 10.5 Å². The molecule has 2 nitrogen and oxygen atoms in total. The van der Waals surface area contributed by atoms with Gasteiger partial charge in [0.05, 0.1) is 7.11 Å². The summed E-state index contributed by atoms with van der Waals surface area (Å²) < 4.78 is 5.48. The van der Waals surface area contributed by atoms with E-state index in [0.717, 1.165) is 25.1 Å². The summed E-state index contributed by atoms with van der Waals surface area (Å²) >= 11 is 0. The second kappa shape index (κ2) is 5.96. The van der Waals surface area contributed by atoms with Gasteiger partial charge in [-0.2, -0.15) is 0 Å². The van der Waals surface area contributed by atoms with Crippen molar-refractivity contribution in [2.24, 2.45) is 11.1 Å². The fraction of sp³-hybridized carbons (Fsp3) is 0.647. The maximum absolute atomic E-state index is 5.69. The molecule has 2 N–H and O–H groups in total. The highest BCUT2D eigenvalue weighted by atomic mass is 16.5. The van der Waals surface area contributed by atoms with Gasteiger partial charge in [-0.1, -0.05) is 46.8 Å². The molecule has 0 unspecified atom stereocenters. The van der Waals surface area contributed by atoms with E-state index in [4.69, 9.17) is 10.5 Å². The molecule has 1 aromatic rings. The number of hydrogen-bond donors (Lipinski definition) is 1. The first-order valence-electron chi connectivity index (χ1n) is 7.07. The topological polar surface area (TPSA) is 35.2 Å². The molecule has 0 aromatic heterocycles. The summed E-state index contributed by atoms with van der Waals surface area (Å²) in [5, 5.41) is 0. The highest BCUT2D eigenvalue weighted by molar-refractivity contribution is 5.41. The Labute approximate surface area is 118 Å². The van der Waals surface area contributed by atoms with Crippen LogP contribution >= 0.6 is 0 Å². The molecule has 108 valence electrons. The molecule has 0 saturated carbocycles. The Bertz CT molecular complexity index is 416. The van der Waals surface area contributed by atoms with Gasteiger partial charge in [-0.15, -0.1) is 0 Å². The SMILES string of the molecule is COc1ccc(CC(C)(C)CCN)cc1C(C)(C)C. The lowest BCUT2D eigenvalue weighted by Gasteiger charge is -2.27. The zero-order valence-corrected chi connectivity index (χ0v) is 13.3. The third kappa shape index (κ3) is 4.54. The highest BCUT2D eigenvalue weighted by Crippen LogP contribution is 2.34. The van der Waals surface area contributed by atoms with E-state index in [0.29, 0.717) is 0 Å². The number of rotatable bonds is 5. The molecule has 1 aromatic carbocycles. The van der Waals surface area contributed by atoms with Crippen LogP contribution in [0.25, 0.3) is 0 Å². The van der Waals surface area contributed by atoms with Crippen LogP contribution in [-0.2, 0) is 11.8 Å². The first-order chi connectivity index (χ1) is 8.69. The first kappa shape index (κ1) is 16.0. The van der Waals surface area contributed by atoms with Crippen molar-refractivity contribution in [2.45, 2.75) is 52.9 Å². The van der Waals surface area contributed by atoms with E-state index < -0.39 is 0 Å². The molecular weight excluding hydrogens is 234 g/mol. The molecule has 0 heterocycles. The lowest BCUT2D eigenvalue weighted by molar-refractivity contribution is 0.338. The first-order valence-corrected chi connectivity index (χ1v) is 7.07. The Hall–Kier alpha value is -1.02. The van der Waals surface area contributed by atoms with Crippen molar-refractivity contribution in [3.63, 3.8) is 0 Å². The summed E-state index contributed by atoms with van der Waals surface area (Å²) in [6.07, 6.45) is 2.10. The van der Waals surface area contributed by atoms with Crippen LogP contribution in [0.2, 0.25) is 0 Å². The maximum atomic E-state index is 5.69. The normalized spacial score (nSPS) is 12.6. The van der Waals surface area contributed by atoms with E-state index in [1.165, 1.54) is 11.1 Å². The van der Waals surface area contributed by atoms with Crippen LogP contribution in [0.3, 0.4) is 0 Å². The molecule has 1 rings (SSSR count). The minimum Gasteiger partial charge on any atom is -0.496 e. The summed E-state index contributed by atoms with van der Waals surface area (Å²) in [6, 6.07) is 6.55. The van der Waals surface area contributed by atoms with Gasteiger partial charge in [0, 0.05) is 0 Å². The van der Waals surface area contributed by atoms with Crippen LogP contribution in [0, 0.1) is 5.41 Å². The monoisotopic (exact) mass is 263 g/mol. The van der Waals surface area contributed by atoms with Crippen molar-refractivity contribution in [3.05, 3.63) is 29.3 Å². The molecule has 2 heteroatoms. The molecule has 0 aliphatic rings. The minimum atomic E-state index is 0.0966. The van der Waals surface area contributed by atoms with Gasteiger partial charge in [-0.25, -0.2) is 0 Å². The van der Waals surface area contributed by atoms with Crippen molar-refractivity contribution >= 4 is 0 Å². The van der Waals surface area contributed by atoms with Crippen LogP contribution in [-0.4, -0.2) is 13.7 Å². The quantitative estimate of drug-likeness (QED) is 0.874. The number of benzene rings is 1. The number of ether oxygens (including phenoxy) is 1. The molecule has 0 amide bonds. The second-order valence-corrected chi connectivity index (χ2v) is 7.16. The maximum Gasteiger partial charge on any atom is 0.122 e. The third-order valence-corrected chi connectivity index (χ3v) is 3.58.